The van der Waals surface area contributed by atoms with Gasteiger partial charge in [0.1, 0.15) is 41.4 Å². The lowest BCUT2D eigenvalue weighted by Gasteiger charge is -2.19. The van der Waals surface area contributed by atoms with E-state index in [1.807, 2.05) is 140 Å². The summed E-state index contributed by atoms with van der Waals surface area (Å²) in [5.74, 6) is 2.67. The van der Waals surface area contributed by atoms with Crippen LogP contribution in [0.4, 0.5) is 0 Å². The molecule has 12 heteroatoms. The molecular formula is C53H55O7P5. The number of hydrogen-bond donors (Lipinski definition) is 1. The summed E-state index contributed by atoms with van der Waals surface area (Å²) in [7, 11) is 7.19. The highest BCUT2D eigenvalue weighted by atomic mass is 31.1. The molecule has 7 aromatic rings. The van der Waals surface area contributed by atoms with Crippen LogP contribution in [0, 0.1) is 0 Å². The van der Waals surface area contributed by atoms with Gasteiger partial charge in [-0.1, -0.05) is 141 Å². The molecule has 1 N–H and O–H groups in total. The SMILES string of the molecule is CPc1ccc(C(=O)c2cc(Cc3ccc(OCP)cc3)ccc2O)cc1.CPc1ccc(OC(C)Oc2ccc(Cc3ccc(OCP)cc3)cc2C(=O)c2ccc(PC)cc2)cc1. The molecule has 334 valence electrons. The number of phenols is 1. The minimum atomic E-state index is -0.574. The van der Waals surface area contributed by atoms with E-state index >= 15 is 0 Å². The maximum absolute atomic E-state index is 13.7. The van der Waals surface area contributed by atoms with E-state index in [0.29, 0.717) is 70.7 Å². The van der Waals surface area contributed by atoms with Crippen LogP contribution in [0.2, 0.25) is 0 Å². The zero-order valence-electron chi connectivity index (χ0n) is 37.0. The lowest BCUT2D eigenvalue weighted by Crippen LogP contribution is -2.21. The van der Waals surface area contributed by atoms with E-state index in [1.54, 1.807) is 12.1 Å². The van der Waals surface area contributed by atoms with Gasteiger partial charge >= 0.3 is 0 Å². The van der Waals surface area contributed by atoms with Crippen LogP contribution < -0.4 is 34.9 Å². The summed E-state index contributed by atoms with van der Waals surface area (Å²) < 4.78 is 23.1. The summed E-state index contributed by atoms with van der Waals surface area (Å²) in [5.41, 5.74) is 6.33. The van der Waals surface area contributed by atoms with E-state index in [2.05, 4.69) is 50.6 Å². The number of aromatic hydroxyl groups is 1. The molecule has 65 heavy (non-hydrogen) atoms. The Labute approximate surface area is 393 Å². The fraction of sp³-hybridized carbons (Fsp3) is 0.170. The quantitative estimate of drug-likeness (QED) is 0.0490. The Morgan fingerprint density at radius 2 is 0.877 bits per heavy atom. The molecule has 0 saturated carbocycles. The third kappa shape index (κ3) is 14.5. The predicted molar refractivity (Wildman–Crippen MR) is 282 cm³/mol. The van der Waals surface area contributed by atoms with Gasteiger partial charge in [0.05, 0.1) is 11.1 Å². The molecule has 7 nitrogen and oxygen atoms in total. The van der Waals surface area contributed by atoms with Crippen molar-refractivity contribution in [2.24, 2.45) is 0 Å². The molecule has 0 heterocycles. The number of rotatable bonds is 19. The van der Waals surface area contributed by atoms with E-state index in [1.165, 1.54) is 15.9 Å². The van der Waals surface area contributed by atoms with Gasteiger partial charge < -0.3 is 24.1 Å². The monoisotopic (exact) mass is 958 g/mol. The average molecular weight is 959 g/mol. The molecule has 0 aliphatic rings. The van der Waals surface area contributed by atoms with Crippen LogP contribution in [0.15, 0.2) is 158 Å². The maximum Gasteiger partial charge on any atom is 0.238 e. The smallest absolute Gasteiger partial charge is 0.238 e. The van der Waals surface area contributed by atoms with Gasteiger partial charge in [0.15, 0.2) is 11.6 Å². The van der Waals surface area contributed by atoms with Crippen molar-refractivity contribution < 1.29 is 33.6 Å². The lowest BCUT2D eigenvalue weighted by atomic mass is 9.97. The Morgan fingerprint density at radius 3 is 1.32 bits per heavy atom. The normalized spacial score (nSPS) is 11.7. The van der Waals surface area contributed by atoms with E-state index in [4.69, 9.17) is 18.9 Å². The highest BCUT2D eigenvalue weighted by Crippen LogP contribution is 2.28. The van der Waals surface area contributed by atoms with Gasteiger partial charge in [0, 0.05) is 18.1 Å². The van der Waals surface area contributed by atoms with Gasteiger partial charge in [-0.3, -0.25) is 9.59 Å². The first-order chi connectivity index (χ1) is 31.6. The molecule has 0 aromatic heterocycles. The Balaban J connectivity index is 0.000000228. The molecular weight excluding hydrogens is 903 g/mol. The molecule has 0 spiro atoms. The van der Waals surface area contributed by atoms with Crippen LogP contribution in [0.3, 0.4) is 0 Å². The standard InChI is InChI=1S/C31H33O4P3.C22H22O3P2/c1-21(34-26-11-15-28(38-3)16-12-26)35-30-17-6-23(18-22-4-9-25(10-5-22)33-20-36)19-29(30)31(32)24-7-13-27(37-2)14-8-24;1-27-19-9-5-17(6-10-19)22(24)20-13-16(4-11-21(20)23)12-15-2-7-18(8-3-15)25-14-26/h4-17,19,21,37-38H,18,20,36H2,1-3H3;2-11,13,23,27H,12,14,26H2,1H3. The van der Waals surface area contributed by atoms with Gasteiger partial charge in [-0.15, -0.1) is 0 Å². The topological polar surface area (TPSA) is 91.3 Å². The van der Waals surface area contributed by atoms with Gasteiger partial charge in [0.25, 0.3) is 0 Å². The van der Waals surface area contributed by atoms with Crippen LogP contribution in [-0.2, 0) is 12.8 Å². The number of carbonyl (C=O) groups excluding carboxylic acids is 2. The zero-order chi connectivity index (χ0) is 46.1. The van der Waals surface area contributed by atoms with Crippen molar-refractivity contribution in [1.29, 1.82) is 0 Å². The molecule has 7 aromatic carbocycles. The molecule has 0 saturated heterocycles. The van der Waals surface area contributed by atoms with Crippen molar-refractivity contribution >= 4 is 71.7 Å². The van der Waals surface area contributed by atoms with Crippen molar-refractivity contribution in [3.8, 4) is 28.7 Å². The zero-order valence-corrected chi connectivity index (χ0v) is 42.3. The highest BCUT2D eigenvalue weighted by Gasteiger charge is 2.19. The number of carbonyl (C=O) groups is 2. The fourth-order valence-corrected chi connectivity index (χ4v) is 8.78. The first-order valence-electron chi connectivity index (χ1n) is 21.1. The van der Waals surface area contributed by atoms with Gasteiger partial charge in [0.2, 0.25) is 6.29 Å². The molecule has 0 fully saturated rings. The first kappa shape index (κ1) is 49.5. The number of hydrogen-bond acceptors (Lipinski definition) is 7. The van der Waals surface area contributed by atoms with E-state index in [0.717, 1.165) is 48.1 Å². The minimum absolute atomic E-state index is 0.00869. The van der Waals surface area contributed by atoms with Crippen molar-refractivity contribution in [3.63, 3.8) is 0 Å². The Kier molecular flexibility index (Phi) is 19.1. The van der Waals surface area contributed by atoms with Crippen LogP contribution in [0.5, 0.6) is 28.7 Å². The largest absolute Gasteiger partial charge is 0.507 e. The van der Waals surface area contributed by atoms with E-state index < -0.39 is 6.29 Å². The van der Waals surface area contributed by atoms with E-state index in [-0.39, 0.29) is 17.3 Å². The maximum atomic E-state index is 13.7. The first-order valence-corrected chi connectivity index (χ1v) is 27.3. The summed E-state index contributed by atoms with van der Waals surface area (Å²) in [6.07, 6.45) is 1.90. The number of phenolic OH excluding ortho intramolecular Hbond substituents is 1. The summed E-state index contributed by atoms with van der Waals surface area (Å²) in [6, 6.07) is 50.3. The van der Waals surface area contributed by atoms with Crippen molar-refractivity contribution in [1.82, 2.24) is 0 Å². The summed E-state index contributed by atoms with van der Waals surface area (Å²) >= 11 is 0. The third-order valence-corrected chi connectivity index (χ3v) is 13.4. The molecule has 6 atom stereocenters. The highest BCUT2D eigenvalue weighted by molar-refractivity contribution is 7.46. The van der Waals surface area contributed by atoms with Gasteiger partial charge in [-0.2, -0.15) is 0 Å². The number of ketones is 2. The van der Waals surface area contributed by atoms with Crippen molar-refractivity contribution in [2.75, 3.05) is 32.7 Å². The number of ether oxygens (including phenoxy) is 4. The molecule has 0 aliphatic heterocycles. The Hall–Kier alpha value is -4.97. The lowest BCUT2D eigenvalue weighted by molar-refractivity contribution is 0.0217. The second-order valence-electron chi connectivity index (χ2n) is 14.8. The van der Waals surface area contributed by atoms with Gasteiger partial charge in [-0.05, 0) is 132 Å². The predicted octanol–water partition coefficient (Wildman–Crippen LogP) is 10.7. The second kappa shape index (κ2) is 25.1. The fourth-order valence-electron chi connectivity index (χ4n) is 6.90. The molecule has 0 amide bonds. The van der Waals surface area contributed by atoms with E-state index in [9.17, 15) is 14.7 Å². The average Bonchev–Trinajstić information content (AvgIpc) is 3.34. The second-order valence-corrected chi connectivity index (χ2v) is 18.7. The summed E-state index contributed by atoms with van der Waals surface area (Å²) in [4.78, 5) is 26.5. The van der Waals surface area contributed by atoms with Gasteiger partial charge in [-0.25, -0.2) is 0 Å². The Morgan fingerprint density at radius 1 is 0.492 bits per heavy atom. The molecule has 0 bridgehead atoms. The van der Waals surface area contributed by atoms with Crippen molar-refractivity contribution in [3.05, 3.63) is 202 Å². The van der Waals surface area contributed by atoms with Crippen LogP contribution >= 0.6 is 44.2 Å². The molecule has 7 rings (SSSR count). The number of benzene rings is 7. The minimum Gasteiger partial charge on any atom is -0.507 e. The molecule has 0 aliphatic carbocycles. The van der Waals surface area contributed by atoms with Crippen LogP contribution in [-0.4, -0.2) is 55.7 Å². The van der Waals surface area contributed by atoms with Crippen molar-refractivity contribution in [2.45, 2.75) is 26.1 Å². The summed E-state index contributed by atoms with van der Waals surface area (Å²) in [6.45, 7) is 8.22. The Bertz CT molecular complexity index is 2620. The molecule has 6 unspecified atom stereocenters. The third-order valence-electron chi connectivity index (χ3n) is 10.4. The van der Waals surface area contributed by atoms with Crippen LogP contribution in [0.1, 0.15) is 61.0 Å². The van der Waals surface area contributed by atoms with Crippen LogP contribution in [0.25, 0.3) is 0 Å². The molecule has 0 radical (unpaired) electrons. The summed E-state index contributed by atoms with van der Waals surface area (Å²) in [5, 5.41) is 13.9.